The third-order valence-corrected chi connectivity index (χ3v) is 5.26. The first-order chi connectivity index (χ1) is 11.6. The van der Waals surface area contributed by atoms with Crippen LogP contribution in [-0.2, 0) is 19.1 Å². The van der Waals surface area contributed by atoms with Crippen LogP contribution in [0.2, 0.25) is 0 Å². The van der Waals surface area contributed by atoms with E-state index in [1.165, 1.54) is 23.7 Å². The van der Waals surface area contributed by atoms with E-state index in [0.717, 1.165) is 12.2 Å². The molecule has 136 valence electrons. The van der Waals surface area contributed by atoms with Gasteiger partial charge in [-0.05, 0) is 69.6 Å². The van der Waals surface area contributed by atoms with Gasteiger partial charge in [0.2, 0.25) is 0 Å². The van der Waals surface area contributed by atoms with Crippen LogP contribution in [-0.4, -0.2) is 25.2 Å². The monoisotopic (exact) mass is 336 g/mol. The van der Waals surface area contributed by atoms with Gasteiger partial charge in [-0.25, -0.2) is 9.59 Å². The summed E-state index contributed by atoms with van der Waals surface area (Å²) in [6.45, 7) is 10.8. The summed E-state index contributed by atoms with van der Waals surface area (Å²) in [5.41, 5.74) is 0. The summed E-state index contributed by atoms with van der Waals surface area (Å²) >= 11 is 0. The van der Waals surface area contributed by atoms with E-state index >= 15 is 0 Å². The summed E-state index contributed by atoms with van der Waals surface area (Å²) < 4.78 is 8.87. The average molecular weight is 336 g/mol. The maximum Gasteiger partial charge on any atom is 0.330 e. The quantitative estimate of drug-likeness (QED) is 0.567. The molecule has 3 aliphatic carbocycles. The Bertz CT molecular complexity index is 391. The molecule has 3 saturated carbocycles. The second-order valence-electron chi connectivity index (χ2n) is 6.50. The van der Waals surface area contributed by atoms with Crippen LogP contribution in [0.15, 0.2) is 25.3 Å². The molecule has 0 N–H and O–H groups in total. The lowest BCUT2D eigenvalue weighted by molar-refractivity contribution is -0.138. The fourth-order valence-electron chi connectivity index (χ4n) is 4.42. The Morgan fingerprint density at radius 1 is 0.875 bits per heavy atom. The molecular weight excluding hydrogens is 304 g/mol. The van der Waals surface area contributed by atoms with Gasteiger partial charge in [-0.1, -0.05) is 19.6 Å². The zero-order valence-electron chi connectivity index (χ0n) is 15.2. The van der Waals surface area contributed by atoms with E-state index in [1.54, 1.807) is 52.4 Å². The van der Waals surface area contributed by atoms with Gasteiger partial charge in [0, 0.05) is 12.2 Å². The maximum atomic E-state index is 10.1. The maximum absolute atomic E-state index is 10.1. The largest absolute Gasteiger partial charge is 0.463 e. The highest BCUT2D eigenvalue weighted by molar-refractivity contribution is 5.81. The Balaban J connectivity index is 0.000000188. The van der Waals surface area contributed by atoms with Gasteiger partial charge in [0.1, 0.15) is 0 Å². The van der Waals surface area contributed by atoms with Crippen LogP contribution in [0.25, 0.3) is 0 Å². The summed E-state index contributed by atoms with van der Waals surface area (Å²) in [6.07, 6.45) is 11.8. The minimum atomic E-state index is -0.359. The third-order valence-electron chi connectivity index (χ3n) is 5.26. The molecule has 4 heteroatoms. The zero-order valence-corrected chi connectivity index (χ0v) is 15.2. The van der Waals surface area contributed by atoms with Crippen molar-refractivity contribution < 1.29 is 19.1 Å². The van der Waals surface area contributed by atoms with E-state index in [9.17, 15) is 9.59 Å². The number of carbonyl (C=O) groups excluding carboxylic acids is 2. The van der Waals surface area contributed by atoms with E-state index in [1.807, 2.05) is 0 Å². The molecule has 3 aliphatic rings. The van der Waals surface area contributed by atoms with Crippen molar-refractivity contribution in [1.82, 2.24) is 0 Å². The minimum absolute atomic E-state index is 0.359. The predicted octanol–water partition coefficient (Wildman–Crippen LogP) is 4.30. The summed E-state index contributed by atoms with van der Waals surface area (Å²) in [6, 6.07) is 0. The van der Waals surface area contributed by atoms with E-state index < -0.39 is 0 Å². The number of carbonyl (C=O) groups is 2. The predicted molar refractivity (Wildman–Crippen MR) is 95.3 cm³/mol. The van der Waals surface area contributed by atoms with Crippen LogP contribution in [0.5, 0.6) is 0 Å². The Hall–Kier alpha value is -1.58. The van der Waals surface area contributed by atoms with E-state index in [4.69, 9.17) is 0 Å². The molecule has 0 amide bonds. The zero-order chi connectivity index (χ0) is 17.9. The lowest BCUT2D eigenvalue weighted by atomic mass is 9.82. The van der Waals surface area contributed by atoms with Gasteiger partial charge in [0.05, 0.1) is 13.2 Å². The van der Waals surface area contributed by atoms with Gasteiger partial charge in [0.15, 0.2) is 0 Å². The van der Waals surface area contributed by atoms with E-state index in [0.29, 0.717) is 13.2 Å². The molecule has 0 aromatic carbocycles. The molecule has 0 aromatic heterocycles. The number of ether oxygens (including phenoxy) is 2. The topological polar surface area (TPSA) is 52.6 Å². The van der Waals surface area contributed by atoms with Crippen molar-refractivity contribution in [2.45, 2.75) is 52.4 Å². The fraction of sp³-hybridized carbons (Fsp3) is 0.700. The normalized spacial score (nSPS) is 28.4. The summed E-state index contributed by atoms with van der Waals surface area (Å²) in [4.78, 5) is 20.1. The van der Waals surface area contributed by atoms with Gasteiger partial charge in [-0.2, -0.15) is 0 Å². The summed E-state index contributed by atoms with van der Waals surface area (Å²) in [7, 11) is 0. The molecule has 3 rings (SSSR count). The van der Waals surface area contributed by atoms with Crippen molar-refractivity contribution in [2.24, 2.45) is 23.7 Å². The van der Waals surface area contributed by atoms with Crippen LogP contribution < -0.4 is 0 Å². The summed E-state index contributed by atoms with van der Waals surface area (Å²) in [5, 5.41) is 0. The molecule has 0 spiro atoms. The SMILES string of the molecule is C1CC2C3CCC(C3)C2C1.C=CC(=O)OCC.C=CC(=O)OCC. The lowest BCUT2D eigenvalue weighted by Crippen LogP contribution is -2.15. The van der Waals surface area contributed by atoms with Gasteiger partial charge in [-0.15, -0.1) is 0 Å². The van der Waals surface area contributed by atoms with Crippen LogP contribution >= 0.6 is 0 Å². The first kappa shape index (κ1) is 20.5. The Morgan fingerprint density at radius 3 is 1.58 bits per heavy atom. The highest BCUT2D eigenvalue weighted by Gasteiger charge is 2.48. The van der Waals surface area contributed by atoms with E-state index in [2.05, 4.69) is 22.6 Å². The molecule has 0 aromatic rings. The smallest absolute Gasteiger partial charge is 0.330 e. The van der Waals surface area contributed by atoms with Crippen molar-refractivity contribution in [1.29, 1.82) is 0 Å². The molecule has 4 atom stereocenters. The molecule has 0 radical (unpaired) electrons. The number of hydrogen-bond donors (Lipinski definition) is 0. The van der Waals surface area contributed by atoms with Crippen molar-refractivity contribution in [3.8, 4) is 0 Å². The Labute approximate surface area is 146 Å². The van der Waals surface area contributed by atoms with Crippen LogP contribution in [0.3, 0.4) is 0 Å². The van der Waals surface area contributed by atoms with Gasteiger partial charge >= 0.3 is 11.9 Å². The Kier molecular flexibility index (Phi) is 9.43. The van der Waals surface area contributed by atoms with Crippen molar-refractivity contribution in [3.05, 3.63) is 25.3 Å². The molecule has 24 heavy (non-hydrogen) atoms. The number of hydrogen-bond acceptors (Lipinski definition) is 4. The molecule has 0 aliphatic heterocycles. The standard InChI is InChI=1S/C10H16.2C5H8O2/c1-2-9-7-4-5-8(6-7)10(9)3-1;2*1-3-5(6)7-4-2/h7-10H,1-6H2;2*3H,1,4H2,2H3. The van der Waals surface area contributed by atoms with Gasteiger partial charge in [0.25, 0.3) is 0 Å². The van der Waals surface area contributed by atoms with Crippen LogP contribution in [0.1, 0.15) is 52.4 Å². The fourth-order valence-corrected chi connectivity index (χ4v) is 4.42. The van der Waals surface area contributed by atoms with Crippen molar-refractivity contribution >= 4 is 11.9 Å². The first-order valence-electron chi connectivity index (χ1n) is 9.15. The second-order valence-corrected chi connectivity index (χ2v) is 6.50. The molecule has 2 bridgehead atoms. The second kappa shape index (κ2) is 11.1. The highest BCUT2D eigenvalue weighted by Crippen LogP contribution is 2.58. The number of esters is 2. The minimum Gasteiger partial charge on any atom is -0.463 e. The molecule has 4 unspecified atom stereocenters. The lowest BCUT2D eigenvalue weighted by Gasteiger charge is -2.23. The van der Waals surface area contributed by atoms with Crippen LogP contribution in [0.4, 0.5) is 0 Å². The first-order valence-corrected chi connectivity index (χ1v) is 9.15. The van der Waals surface area contributed by atoms with Crippen LogP contribution in [0, 0.1) is 23.7 Å². The molecule has 0 saturated heterocycles. The Morgan fingerprint density at radius 2 is 1.29 bits per heavy atom. The molecular formula is C20H32O4. The van der Waals surface area contributed by atoms with Gasteiger partial charge in [-0.3, -0.25) is 0 Å². The third kappa shape index (κ3) is 6.14. The van der Waals surface area contributed by atoms with Crippen molar-refractivity contribution in [2.75, 3.05) is 13.2 Å². The molecule has 3 fully saturated rings. The average Bonchev–Trinajstić information content (AvgIpc) is 3.30. The van der Waals surface area contributed by atoms with Crippen molar-refractivity contribution in [3.63, 3.8) is 0 Å². The number of fused-ring (bicyclic) bond motifs is 5. The molecule has 0 heterocycles. The molecule has 4 nitrogen and oxygen atoms in total. The van der Waals surface area contributed by atoms with Gasteiger partial charge < -0.3 is 9.47 Å². The van der Waals surface area contributed by atoms with E-state index in [-0.39, 0.29) is 11.9 Å². The summed E-state index contributed by atoms with van der Waals surface area (Å²) in [5.74, 6) is 4.08. The number of rotatable bonds is 4. The highest BCUT2D eigenvalue weighted by atomic mass is 16.5.